The Morgan fingerprint density at radius 1 is 1.41 bits per heavy atom. The van der Waals surface area contributed by atoms with E-state index in [9.17, 15) is 14.4 Å². The number of aliphatic carboxylic acids is 1. The first kappa shape index (κ1) is 15.4. The van der Waals surface area contributed by atoms with Gasteiger partial charge in [-0.2, -0.15) is 0 Å². The predicted molar refractivity (Wildman–Crippen MR) is 59.1 cm³/mol. The molecule has 0 saturated carbocycles. The average molecular weight is 246 g/mol. The summed E-state index contributed by atoms with van der Waals surface area (Å²) in [6, 6.07) is -1.51. The molecule has 98 valence electrons. The van der Waals surface area contributed by atoms with Crippen molar-refractivity contribution in [1.82, 2.24) is 5.32 Å². The molecule has 0 saturated heterocycles. The summed E-state index contributed by atoms with van der Waals surface area (Å²) in [5, 5.41) is 11.2. The second-order valence-electron chi connectivity index (χ2n) is 3.71. The van der Waals surface area contributed by atoms with Gasteiger partial charge in [-0.3, -0.25) is 4.79 Å². The lowest BCUT2D eigenvalue weighted by atomic mass is 9.98. The van der Waals surface area contributed by atoms with Gasteiger partial charge in [0, 0.05) is 0 Å². The molecule has 7 heteroatoms. The first-order chi connectivity index (χ1) is 7.78. The highest BCUT2D eigenvalue weighted by molar-refractivity contribution is 6.03. The van der Waals surface area contributed by atoms with E-state index in [0.717, 1.165) is 0 Å². The van der Waals surface area contributed by atoms with E-state index in [4.69, 9.17) is 10.8 Å². The van der Waals surface area contributed by atoms with Crippen LogP contribution in [-0.2, 0) is 19.1 Å². The molecule has 0 aliphatic rings. The zero-order valence-corrected chi connectivity index (χ0v) is 10.1. The normalized spacial score (nSPS) is 15.5. The number of hydrogen-bond donors (Lipinski definition) is 3. The fourth-order valence-electron chi connectivity index (χ4n) is 0.982. The second-order valence-corrected chi connectivity index (χ2v) is 3.71. The minimum Gasteiger partial charge on any atom is -0.480 e. The second kappa shape index (κ2) is 6.19. The number of nitrogens with two attached hydrogens (primary N) is 1. The summed E-state index contributed by atoms with van der Waals surface area (Å²) in [6.07, 6.45) is 0.170. The topological polar surface area (TPSA) is 119 Å². The van der Waals surface area contributed by atoms with Gasteiger partial charge in [-0.25, -0.2) is 9.59 Å². The molecule has 4 N–H and O–H groups in total. The minimum absolute atomic E-state index is 0.101. The van der Waals surface area contributed by atoms with Crippen LogP contribution in [0.4, 0.5) is 0 Å². The van der Waals surface area contributed by atoms with Gasteiger partial charge in [-0.1, -0.05) is 6.92 Å². The van der Waals surface area contributed by atoms with E-state index in [1.165, 1.54) is 6.92 Å². The van der Waals surface area contributed by atoms with Crippen molar-refractivity contribution in [3.05, 3.63) is 0 Å². The first-order valence-corrected chi connectivity index (χ1v) is 5.26. The van der Waals surface area contributed by atoms with Gasteiger partial charge in [0.15, 0.2) is 6.04 Å². The highest BCUT2D eigenvalue weighted by Gasteiger charge is 2.36. The fraction of sp³-hybridized carbons (Fsp3) is 0.700. The number of carbonyl (C=O) groups is 3. The van der Waals surface area contributed by atoms with Crippen LogP contribution in [0.25, 0.3) is 0 Å². The lowest BCUT2D eigenvalue weighted by Gasteiger charge is -2.25. The first-order valence-electron chi connectivity index (χ1n) is 5.26. The Balaban J connectivity index is 4.63. The van der Waals surface area contributed by atoms with Crippen LogP contribution in [0.1, 0.15) is 27.2 Å². The Kier molecular flexibility index (Phi) is 5.60. The molecule has 0 heterocycles. The van der Waals surface area contributed by atoms with Gasteiger partial charge in [0.2, 0.25) is 5.91 Å². The van der Waals surface area contributed by atoms with Gasteiger partial charge in [0.1, 0.15) is 5.54 Å². The summed E-state index contributed by atoms with van der Waals surface area (Å²) in [6.45, 7) is 4.62. The van der Waals surface area contributed by atoms with Crippen molar-refractivity contribution in [1.29, 1.82) is 0 Å². The molecular weight excluding hydrogens is 228 g/mol. The molecule has 1 amide bonds. The van der Waals surface area contributed by atoms with Crippen LogP contribution < -0.4 is 11.1 Å². The van der Waals surface area contributed by atoms with E-state index in [0.29, 0.717) is 0 Å². The van der Waals surface area contributed by atoms with Crippen molar-refractivity contribution in [3.8, 4) is 0 Å². The van der Waals surface area contributed by atoms with Gasteiger partial charge in [-0.15, -0.1) is 0 Å². The number of esters is 1. The summed E-state index contributed by atoms with van der Waals surface area (Å²) in [5.74, 6) is -2.94. The van der Waals surface area contributed by atoms with E-state index >= 15 is 0 Å². The van der Waals surface area contributed by atoms with Crippen LogP contribution in [0, 0.1) is 0 Å². The van der Waals surface area contributed by atoms with Crippen molar-refractivity contribution < 1.29 is 24.2 Å². The van der Waals surface area contributed by atoms with E-state index < -0.39 is 29.4 Å². The predicted octanol–water partition coefficient (Wildman–Crippen LogP) is -0.754. The maximum Gasteiger partial charge on any atom is 0.332 e. The Labute approximate surface area is 99.3 Å². The lowest BCUT2D eigenvalue weighted by molar-refractivity contribution is -0.152. The number of rotatable bonds is 6. The van der Waals surface area contributed by atoms with E-state index in [1.54, 1.807) is 13.8 Å². The largest absolute Gasteiger partial charge is 0.480 e. The summed E-state index contributed by atoms with van der Waals surface area (Å²) in [5.41, 5.74) is 3.89. The molecule has 2 unspecified atom stereocenters. The monoisotopic (exact) mass is 246 g/mol. The van der Waals surface area contributed by atoms with E-state index in [-0.39, 0.29) is 13.0 Å². The molecule has 0 rings (SSSR count). The zero-order chi connectivity index (χ0) is 13.6. The SMILES string of the molecule is CCOC(=O)C(N)C(=O)NC(C)(CC)C(=O)O. The zero-order valence-electron chi connectivity index (χ0n) is 10.1. The van der Waals surface area contributed by atoms with Gasteiger partial charge in [0.05, 0.1) is 6.61 Å². The number of hydrogen-bond acceptors (Lipinski definition) is 5. The third-order valence-corrected chi connectivity index (χ3v) is 2.40. The molecule has 0 aromatic rings. The van der Waals surface area contributed by atoms with Crippen LogP contribution in [0.5, 0.6) is 0 Å². The number of carbonyl (C=O) groups excluding carboxylic acids is 2. The lowest BCUT2D eigenvalue weighted by Crippen LogP contribution is -2.58. The number of ether oxygens (including phenoxy) is 1. The molecule has 0 radical (unpaired) electrons. The van der Waals surface area contributed by atoms with Crippen molar-refractivity contribution in [2.75, 3.05) is 6.61 Å². The maximum absolute atomic E-state index is 11.5. The van der Waals surface area contributed by atoms with Crippen molar-refractivity contribution in [2.45, 2.75) is 38.8 Å². The summed E-state index contributed by atoms with van der Waals surface area (Å²) in [7, 11) is 0. The molecule has 0 fully saturated rings. The Hall–Kier alpha value is -1.63. The third-order valence-electron chi connectivity index (χ3n) is 2.40. The molecule has 17 heavy (non-hydrogen) atoms. The van der Waals surface area contributed by atoms with Crippen LogP contribution >= 0.6 is 0 Å². The molecule has 0 aromatic heterocycles. The highest BCUT2D eigenvalue weighted by atomic mass is 16.5. The molecular formula is C10H18N2O5. The number of carboxylic acids is 1. The van der Waals surface area contributed by atoms with Crippen LogP contribution in [0.3, 0.4) is 0 Å². The minimum atomic E-state index is -1.51. The Bertz CT molecular complexity index is 318. The summed E-state index contributed by atoms with van der Waals surface area (Å²) >= 11 is 0. The summed E-state index contributed by atoms with van der Waals surface area (Å²) < 4.78 is 4.56. The van der Waals surface area contributed by atoms with E-state index in [2.05, 4.69) is 10.1 Å². The van der Waals surface area contributed by atoms with Crippen LogP contribution in [0.2, 0.25) is 0 Å². The molecule has 0 aliphatic carbocycles. The Morgan fingerprint density at radius 3 is 2.29 bits per heavy atom. The van der Waals surface area contributed by atoms with E-state index in [1.807, 2.05) is 0 Å². The number of nitrogens with one attached hydrogen (secondary N) is 1. The van der Waals surface area contributed by atoms with Crippen molar-refractivity contribution in [3.63, 3.8) is 0 Å². The molecule has 2 atom stereocenters. The maximum atomic E-state index is 11.5. The number of carboxylic acid groups (broad SMARTS) is 1. The van der Waals surface area contributed by atoms with Gasteiger partial charge in [0.25, 0.3) is 0 Å². The fourth-order valence-corrected chi connectivity index (χ4v) is 0.982. The molecule has 0 aromatic carbocycles. The van der Waals surface area contributed by atoms with Crippen LogP contribution in [-0.4, -0.2) is 41.1 Å². The molecule has 0 bridgehead atoms. The average Bonchev–Trinajstić information content (AvgIpc) is 2.27. The van der Waals surface area contributed by atoms with Gasteiger partial charge >= 0.3 is 11.9 Å². The molecule has 0 spiro atoms. The Morgan fingerprint density at radius 2 is 1.94 bits per heavy atom. The van der Waals surface area contributed by atoms with Crippen molar-refractivity contribution >= 4 is 17.8 Å². The third kappa shape index (κ3) is 4.03. The smallest absolute Gasteiger partial charge is 0.332 e. The number of amides is 1. The highest BCUT2D eigenvalue weighted by Crippen LogP contribution is 2.09. The van der Waals surface area contributed by atoms with Crippen molar-refractivity contribution in [2.24, 2.45) is 5.73 Å². The molecule has 0 aliphatic heterocycles. The quantitative estimate of drug-likeness (QED) is 0.419. The summed E-state index contributed by atoms with van der Waals surface area (Å²) in [4.78, 5) is 33.6. The molecule has 7 nitrogen and oxygen atoms in total. The standard InChI is InChI=1S/C10H18N2O5/c1-4-10(3,9(15)16)12-7(13)6(11)8(14)17-5-2/h6H,4-5,11H2,1-3H3,(H,12,13)(H,15,16). The van der Waals surface area contributed by atoms with Gasteiger partial charge in [-0.05, 0) is 20.3 Å². The van der Waals surface area contributed by atoms with Crippen LogP contribution in [0.15, 0.2) is 0 Å². The van der Waals surface area contributed by atoms with Gasteiger partial charge < -0.3 is 20.9 Å².